The first-order chi connectivity index (χ1) is 13.4. The van der Waals surface area contributed by atoms with Gasteiger partial charge < -0.3 is 9.73 Å². The summed E-state index contributed by atoms with van der Waals surface area (Å²) in [6.07, 6.45) is 1.28. The third-order valence-corrected chi connectivity index (χ3v) is 4.39. The molecule has 0 spiro atoms. The van der Waals surface area contributed by atoms with Crippen molar-refractivity contribution in [1.82, 2.24) is 0 Å². The zero-order chi connectivity index (χ0) is 20.0. The first kappa shape index (κ1) is 17.6. The second kappa shape index (κ2) is 6.41. The Labute approximate surface area is 157 Å². The zero-order valence-electron chi connectivity index (χ0n) is 14.5. The molecule has 0 atom stereocenters. The number of nitrogens with one attached hydrogen (secondary N) is 1. The van der Waals surface area contributed by atoms with Gasteiger partial charge in [0.2, 0.25) is 0 Å². The first-order valence-corrected chi connectivity index (χ1v) is 8.21. The van der Waals surface area contributed by atoms with Crippen LogP contribution in [0, 0.1) is 18.6 Å². The van der Waals surface area contributed by atoms with Gasteiger partial charge in [0.25, 0.3) is 17.7 Å². The molecule has 0 fully saturated rings. The van der Waals surface area contributed by atoms with Crippen molar-refractivity contribution in [2.24, 2.45) is 0 Å². The number of aryl methyl sites for hydroxylation is 1. The van der Waals surface area contributed by atoms with E-state index in [1.165, 1.54) is 24.5 Å². The molecule has 2 heterocycles. The van der Waals surface area contributed by atoms with Crippen LogP contribution in [0.25, 0.3) is 0 Å². The molecule has 6 nitrogen and oxygen atoms in total. The summed E-state index contributed by atoms with van der Waals surface area (Å²) in [7, 11) is 0. The smallest absolute Gasteiger partial charge is 0.291 e. The number of furan rings is 1. The molecule has 2 aromatic carbocycles. The van der Waals surface area contributed by atoms with E-state index < -0.39 is 35.0 Å². The molecule has 140 valence electrons. The number of hydrogen-bond donors (Lipinski definition) is 1. The van der Waals surface area contributed by atoms with Crippen molar-refractivity contribution in [1.29, 1.82) is 0 Å². The lowest BCUT2D eigenvalue weighted by Gasteiger charge is -2.16. The average Bonchev–Trinajstić information content (AvgIpc) is 3.20. The number of amides is 3. The number of benzene rings is 2. The van der Waals surface area contributed by atoms with Gasteiger partial charge in [-0.2, -0.15) is 0 Å². The molecule has 0 radical (unpaired) electrons. The Morgan fingerprint density at radius 1 is 1.00 bits per heavy atom. The van der Waals surface area contributed by atoms with E-state index in [2.05, 4.69) is 5.32 Å². The summed E-state index contributed by atoms with van der Waals surface area (Å²) in [5, 5.41) is 2.11. The summed E-state index contributed by atoms with van der Waals surface area (Å²) in [6.45, 7) is 1.61. The summed E-state index contributed by atoms with van der Waals surface area (Å²) in [5.41, 5.74) is -0.173. The second-order valence-corrected chi connectivity index (χ2v) is 6.16. The van der Waals surface area contributed by atoms with E-state index in [0.717, 1.165) is 12.1 Å². The van der Waals surface area contributed by atoms with Crippen LogP contribution in [0.1, 0.15) is 36.8 Å². The standard InChI is InChI=1S/C20H12F2N2O4/c1-10-6-7-28-17(10)18(25)23-16-14(21)8-11(9-15(16)22)24-19(26)12-4-2-3-5-13(12)20(24)27/h2-9H,1H3,(H,23,25). The van der Waals surface area contributed by atoms with Crippen molar-refractivity contribution in [2.45, 2.75) is 6.92 Å². The Morgan fingerprint density at radius 2 is 1.57 bits per heavy atom. The van der Waals surface area contributed by atoms with Gasteiger partial charge in [-0.3, -0.25) is 14.4 Å². The highest BCUT2D eigenvalue weighted by Gasteiger charge is 2.37. The van der Waals surface area contributed by atoms with Gasteiger partial charge >= 0.3 is 0 Å². The normalized spacial score (nSPS) is 13.0. The van der Waals surface area contributed by atoms with Gasteiger partial charge in [-0.25, -0.2) is 13.7 Å². The van der Waals surface area contributed by atoms with Crippen LogP contribution >= 0.6 is 0 Å². The molecule has 3 amide bonds. The van der Waals surface area contributed by atoms with E-state index in [9.17, 15) is 23.2 Å². The fourth-order valence-corrected chi connectivity index (χ4v) is 3.01. The number of carbonyl (C=O) groups excluding carboxylic acids is 3. The summed E-state index contributed by atoms with van der Waals surface area (Å²) >= 11 is 0. The molecule has 1 aliphatic rings. The van der Waals surface area contributed by atoms with Crippen LogP contribution < -0.4 is 10.2 Å². The number of imide groups is 1. The number of carbonyl (C=O) groups is 3. The maximum absolute atomic E-state index is 14.5. The van der Waals surface area contributed by atoms with Crippen molar-refractivity contribution >= 4 is 29.1 Å². The van der Waals surface area contributed by atoms with Crippen molar-refractivity contribution in [3.8, 4) is 0 Å². The summed E-state index contributed by atoms with van der Waals surface area (Å²) in [6, 6.07) is 9.26. The van der Waals surface area contributed by atoms with Crippen LogP contribution in [0.3, 0.4) is 0 Å². The number of anilines is 2. The van der Waals surface area contributed by atoms with Gasteiger partial charge in [0.1, 0.15) is 5.69 Å². The maximum Gasteiger partial charge on any atom is 0.291 e. The molecule has 0 aliphatic carbocycles. The predicted octanol–water partition coefficient (Wildman–Crippen LogP) is 3.92. The van der Waals surface area contributed by atoms with E-state index >= 15 is 0 Å². The summed E-state index contributed by atoms with van der Waals surface area (Å²) in [4.78, 5) is 37.8. The Morgan fingerprint density at radius 3 is 2.07 bits per heavy atom. The van der Waals surface area contributed by atoms with E-state index in [1.807, 2.05) is 0 Å². The number of halogens is 2. The van der Waals surface area contributed by atoms with Crippen molar-refractivity contribution in [3.63, 3.8) is 0 Å². The molecule has 8 heteroatoms. The van der Waals surface area contributed by atoms with Gasteiger partial charge in [0.15, 0.2) is 17.4 Å². The molecule has 3 aromatic rings. The van der Waals surface area contributed by atoms with Crippen molar-refractivity contribution < 1.29 is 27.6 Å². The molecule has 1 aliphatic heterocycles. The van der Waals surface area contributed by atoms with E-state index in [1.54, 1.807) is 19.1 Å². The Hall–Kier alpha value is -3.81. The van der Waals surface area contributed by atoms with Crippen LogP contribution in [-0.2, 0) is 0 Å². The average molecular weight is 382 g/mol. The molecular weight excluding hydrogens is 370 g/mol. The lowest BCUT2D eigenvalue weighted by atomic mass is 10.1. The fraction of sp³-hybridized carbons (Fsp3) is 0.0500. The molecule has 0 saturated heterocycles. The predicted molar refractivity (Wildman–Crippen MR) is 95.3 cm³/mol. The summed E-state index contributed by atoms with van der Waals surface area (Å²) in [5.74, 6) is -4.53. The molecule has 0 unspecified atom stereocenters. The van der Waals surface area contributed by atoms with Crippen LogP contribution in [0.5, 0.6) is 0 Å². The summed E-state index contributed by atoms with van der Waals surface area (Å²) < 4.78 is 34.0. The molecule has 1 N–H and O–H groups in total. The fourth-order valence-electron chi connectivity index (χ4n) is 3.01. The highest BCUT2D eigenvalue weighted by atomic mass is 19.1. The van der Waals surface area contributed by atoms with Crippen LogP contribution in [0.2, 0.25) is 0 Å². The SMILES string of the molecule is Cc1ccoc1C(=O)Nc1c(F)cc(N2C(=O)c3ccccc3C2=O)cc1F. The van der Waals surface area contributed by atoms with Crippen LogP contribution in [0.4, 0.5) is 20.2 Å². The minimum atomic E-state index is -1.14. The second-order valence-electron chi connectivity index (χ2n) is 6.16. The Kier molecular flexibility index (Phi) is 4.03. The van der Waals surface area contributed by atoms with Crippen LogP contribution in [-0.4, -0.2) is 17.7 Å². The zero-order valence-corrected chi connectivity index (χ0v) is 14.5. The number of nitrogens with zero attached hydrogens (tertiary/aromatic N) is 1. The molecule has 28 heavy (non-hydrogen) atoms. The number of hydrogen-bond acceptors (Lipinski definition) is 4. The lowest BCUT2D eigenvalue weighted by molar-refractivity contribution is 0.0924. The van der Waals surface area contributed by atoms with E-state index in [0.29, 0.717) is 10.5 Å². The van der Waals surface area contributed by atoms with E-state index in [-0.39, 0.29) is 22.6 Å². The highest BCUT2D eigenvalue weighted by Crippen LogP contribution is 2.32. The van der Waals surface area contributed by atoms with Crippen molar-refractivity contribution in [3.05, 3.63) is 82.8 Å². The van der Waals surface area contributed by atoms with Gasteiger partial charge in [-0.15, -0.1) is 0 Å². The Balaban J connectivity index is 1.67. The van der Waals surface area contributed by atoms with Gasteiger partial charge in [0.05, 0.1) is 23.1 Å². The van der Waals surface area contributed by atoms with Gasteiger partial charge in [0, 0.05) is 17.7 Å². The molecular formula is C20H12F2N2O4. The molecule has 0 saturated carbocycles. The van der Waals surface area contributed by atoms with Crippen LogP contribution in [0.15, 0.2) is 53.1 Å². The maximum atomic E-state index is 14.5. The molecule has 1 aromatic heterocycles. The minimum absolute atomic E-state index is 0.0803. The largest absolute Gasteiger partial charge is 0.459 e. The minimum Gasteiger partial charge on any atom is -0.459 e. The lowest BCUT2D eigenvalue weighted by Crippen LogP contribution is -2.29. The molecule has 0 bridgehead atoms. The first-order valence-electron chi connectivity index (χ1n) is 8.21. The number of rotatable bonds is 3. The van der Waals surface area contributed by atoms with Gasteiger partial charge in [-0.05, 0) is 25.1 Å². The van der Waals surface area contributed by atoms with Gasteiger partial charge in [-0.1, -0.05) is 12.1 Å². The van der Waals surface area contributed by atoms with E-state index in [4.69, 9.17) is 4.42 Å². The topological polar surface area (TPSA) is 79.6 Å². The molecule has 4 rings (SSSR count). The monoisotopic (exact) mass is 382 g/mol. The Bertz CT molecular complexity index is 1090. The highest BCUT2D eigenvalue weighted by molar-refractivity contribution is 6.34. The van der Waals surface area contributed by atoms with Crippen molar-refractivity contribution in [2.75, 3.05) is 10.2 Å². The quantitative estimate of drug-likeness (QED) is 0.697. The number of fused-ring (bicyclic) bond motifs is 1. The third-order valence-electron chi connectivity index (χ3n) is 4.39. The third kappa shape index (κ3) is 2.66.